The second-order valence-corrected chi connectivity index (χ2v) is 3.25. The summed E-state index contributed by atoms with van der Waals surface area (Å²) < 4.78 is 5.04. The second kappa shape index (κ2) is 3.30. The molecule has 0 amide bonds. The molecule has 1 heterocycles. The molecule has 0 saturated carbocycles. The number of ether oxygens (including phenoxy) is 1. The van der Waals surface area contributed by atoms with Crippen LogP contribution in [0.3, 0.4) is 0 Å². The molecular weight excluding hydrogens is 186 g/mol. The van der Waals surface area contributed by atoms with Crippen molar-refractivity contribution in [2.24, 2.45) is 0 Å². The lowest BCUT2D eigenvalue weighted by molar-refractivity contribution is 0.292. The van der Waals surface area contributed by atoms with Crippen LogP contribution in [-0.2, 0) is 11.2 Å². The zero-order valence-electron chi connectivity index (χ0n) is 7.23. The van der Waals surface area contributed by atoms with Crippen LogP contribution in [0.25, 0.3) is 0 Å². The molecule has 1 radical (unpaired) electrons. The zero-order valence-corrected chi connectivity index (χ0v) is 7.98. The third-order valence-electron chi connectivity index (χ3n) is 1.96. The van der Waals surface area contributed by atoms with E-state index in [1.165, 1.54) is 0 Å². The molecule has 0 unspecified atom stereocenters. The Balaban J connectivity index is 2.33. The number of anilines is 1. The van der Waals surface area contributed by atoms with Crippen molar-refractivity contribution in [3.05, 3.63) is 40.7 Å². The molecule has 0 saturated heterocycles. The van der Waals surface area contributed by atoms with Crippen molar-refractivity contribution in [2.45, 2.75) is 6.42 Å². The third-order valence-corrected chi connectivity index (χ3v) is 2.19. The number of nitrogens with one attached hydrogen (secondary N) is 1. The van der Waals surface area contributed by atoms with Crippen molar-refractivity contribution in [3.8, 4) is 0 Å². The van der Waals surface area contributed by atoms with Crippen LogP contribution in [0.4, 0.5) is 5.69 Å². The van der Waals surface area contributed by atoms with E-state index in [4.69, 9.17) is 16.3 Å². The van der Waals surface area contributed by atoms with Gasteiger partial charge in [-0.2, -0.15) is 0 Å². The Hall–Kier alpha value is -1.15. The van der Waals surface area contributed by atoms with Gasteiger partial charge >= 0.3 is 0 Å². The Kier molecular flexibility index (Phi) is 2.15. The first-order valence-corrected chi connectivity index (χ1v) is 4.37. The summed E-state index contributed by atoms with van der Waals surface area (Å²) >= 11 is 5.85. The van der Waals surface area contributed by atoms with Gasteiger partial charge in [-0.1, -0.05) is 11.6 Å². The van der Waals surface area contributed by atoms with Gasteiger partial charge in [0.05, 0.1) is 7.11 Å². The van der Waals surface area contributed by atoms with E-state index < -0.39 is 0 Å². The number of halogens is 1. The van der Waals surface area contributed by atoms with E-state index in [1.54, 1.807) is 7.11 Å². The lowest BCUT2D eigenvalue weighted by atomic mass is 10.1. The molecule has 0 aliphatic carbocycles. The fourth-order valence-corrected chi connectivity index (χ4v) is 1.49. The molecule has 0 spiro atoms. The highest BCUT2D eigenvalue weighted by atomic mass is 35.5. The highest BCUT2D eigenvalue weighted by Gasteiger charge is 2.10. The van der Waals surface area contributed by atoms with E-state index in [-0.39, 0.29) is 0 Å². The number of rotatable bonds is 1. The van der Waals surface area contributed by atoms with Crippen molar-refractivity contribution in [3.63, 3.8) is 0 Å². The number of benzene rings is 1. The van der Waals surface area contributed by atoms with Gasteiger partial charge in [0.15, 0.2) is 5.88 Å². The number of hydrogen-bond donors (Lipinski definition) is 1. The summed E-state index contributed by atoms with van der Waals surface area (Å²) in [6.07, 6.45) is 3.82. The van der Waals surface area contributed by atoms with Gasteiger partial charge in [-0.3, -0.25) is 0 Å². The van der Waals surface area contributed by atoms with Gasteiger partial charge in [-0.15, -0.1) is 0 Å². The van der Waals surface area contributed by atoms with Gasteiger partial charge in [0, 0.05) is 23.2 Å². The summed E-state index contributed by atoms with van der Waals surface area (Å²) in [6, 6.07) is 5.73. The molecule has 0 bridgehead atoms. The quantitative estimate of drug-likeness (QED) is 0.742. The Bertz CT molecular complexity index is 360. The van der Waals surface area contributed by atoms with Crippen molar-refractivity contribution >= 4 is 17.3 Å². The summed E-state index contributed by atoms with van der Waals surface area (Å²) in [5.74, 6) is 0.676. The Morgan fingerprint density at radius 2 is 2.38 bits per heavy atom. The molecule has 1 aliphatic rings. The summed E-state index contributed by atoms with van der Waals surface area (Å²) in [4.78, 5) is 0. The fourth-order valence-electron chi connectivity index (χ4n) is 1.30. The van der Waals surface area contributed by atoms with Gasteiger partial charge in [0.1, 0.15) is 0 Å². The standard InChI is InChI=1S/C10H9ClNO/c1-13-10-5-2-7-6-8(11)3-4-9(7)12-10/h3-4,6,12H,2H2,1H3. The first kappa shape index (κ1) is 8.45. The van der Waals surface area contributed by atoms with Gasteiger partial charge in [-0.05, 0) is 23.8 Å². The van der Waals surface area contributed by atoms with E-state index in [0.29, 0.717) is 5.88 Å². The van der Waals surface area contributed by atoms with Gasteiger partial charge in [0.25, 0.3) is 0 Å². The normalized spacial score (nSPS) is 14.2. The molecule has 13 heavy (non-hydrogen) atoms. The van der Waals surface area contributed by atoms with Crippen LogP contribution in [0, 0.1) is 6.08 Å². The first-order valence-electron chi connectivity index (χ1n) is 4.00. The van der Waals surface area contributed by atoms with Crippen LogP contribution in [0.1, 0.15) is 5.56 Å². The summed E-state index contributed by atoms with van der Waals surface area (Å²) in [5, 5.41) is 3.85. The maximum absolute atomic E-state index is 5.85. The predicted octanol–water partition coefficient (Wildman–Crippen LogP) is 2.60. The Morgan fingerprint density at radius 1 is 1.54 bits per heavy atom. The Labute approximate surface area is 82.2 Å². The summed E-state index contributed by atoms with van der Waals surface area (Å²) in [7, 11) is 1.62. The molecule has 1 N–H and O–H groups in total. The first-order chi connectivity index (χ1) is 6.29. The highest BCUT2D eigenvalue weighted by molar-refractivity contribution is 6.30. The van der Waals surface area contributed by atoms with Crippen molar-refractivity contribution in [1.29, 1.82) is 0 Å². The van der Waals surface area contributed by atoms with Crippen LogP contribution < -0.4 is 5.32 Å². The van der Waals surface area contributed by atoms with Gasteiger partial charge in [-0.25, -0.2) is 0 Å². The molecule has 1 aromatic carbocycles. The third kappa shape index (κ3) is 1.63. The minimum absolute atomic E-state index is 0.676. The average Bonchev–Trinajstić information content (AvgIpc) is 2.17. The zero-order chi connectivity index (χ0) is 9.26. The van der Waals surface area contributed by atoms with Crippen LogP contribution in [0.5, 0.6) is 0 Å². The van der Waals surface area contributed by atoms with E-state index in [2.05, 4.69) is 11.4 Å². The summed E-state index contributed by atoms with van der Waals surface area (Å²) in [5.41, 5.74) is 2.19. The van der Waals surface area contributed by atoms with E-state index in [1.807, 2.05) is 18.2 Å². The maximum atomic E-state index is 5.85. The van der Waals surface area contributed by atoms with E-state index in [0.717, 1.165) is 22.7 Å². The number of hydrogen-bond acceptors (Lipinski definition) is 2. The number of fused-ring (bicyclic) bond motifs is 1. The molecule has 1 aliphatic heterocycles. The molecule has 0 fully saturated rings. The Morgan fingerprint density at radius 3 is 3.15 bits per heavy atom. The molecule has 0 aromatic heterocycles. The van der Waals surface area contributed by atoms with E-state index >= 15 is 0 Å². The van der Waals surface area contributed by atoms with Crippen molar-refractivity contribution in [1.82, 2.24) is 0 Å². The average molecular weight is 195 g/mol. The lowest BCUT2D eigenvalue weighted by Crippen LogP contribution is -2.09. The van der Waals surface area contributed by atoms with Crippen molar-refractivity contribution in [2.75, 3.05) is 12.4 Å². The number of allylic oxidation sites excluding steroid dienone is 1. The SMILES string of the molecule is COC1=[C]Cc2cc(Cl)ccc2N1. The lowest BCUT2D eigenvalue weighted by Gasteiger charge is -2.17. The molecule has 2 nitrogen and oxygen atoms in total. The topological polar surface area (TPSA) is 21.3 Å². The van der Waals surface area contributed by atoms with Gasteiger partial charge in [0.2, 0.25) is 0 Å². The van der Waals surface area contributed by atoms with Crippen LogP contribution in [-0.4, -0.2) is 7.11 Å². The van der Waals surface area contributed by atoms with Crippen molar-refractivity contribution < 1.29 is 4.74 Å². The van der Waals surface area contributed by atoms with Crippen LogP contribution >= 0.6 is 11.6 Å². The second-order valence-electron chi connectivity index (χ2n) is 2.81. The van der Waals surface area contributed by atoms with Gasteiger partial charge < -0.3 is 10.1 Å². The largest absolute Gasteiger partial charge is 0.482 e. The molecule has 67 valence electrons. The maximum Gasteiger partial charge on any atom is 0.194 e. The monoisotopic (exact) mass is 194 g/mol. The predicted molar refractivity (Wildman–Crippen MR) is 52.5 cm³/mol. The van der Waals surface area contributed by atoms with Crippen LogP contribution in [0.2, 0.25) is 5.02 Å². The minimum Gasteiger partial charge on any atom is -0.482 e. The van der Waals surface area contributed by atoms with Crippen LogP contribution in [0.15, 0.2) is 24.1 Å². The number of methoxy groups -OCH3 is 1. The highest BCUT2D eigenvalue weighted by Crippen LogP contribution is 2.25. The fraction of sp³-hybridized carbons (Fsp3) is 0.200. The molecule has 2 rings (SSSR count). The smallest absolute Gasteiger partial charge is 0.194 e. The molecular formula is C10H9ClNO. The molecule has 3 heteroatoms. The van der Waals surface area contributed by atoms with E-state index in [9.17, 15) is 0 Å². The minimum atomic E-state index is 0.676. The molecule has 0 atom stereocenters. The summed E-state index contributed by atoms with van der Waals surface area (Å²) in [6.45, 7) is 0. The molecule has 1 aromatic rings.